The van der Waals surface area contributed by atoms with Crippen molar-refractivity contribution < 1.29 is 4.74 Å². The molecule has 2 fully saturated rings. The molecule has 2 rings (SSSR count). The standard InChI is InChI=1S/C11H21NO/c1-11(6-2-3-7-11)12-10-4-8-13-9-5-10/h10,12H,2-9H2,1H3. The van der Waals surface area contributed by atoms with E-state index in [9.17, 15) is 0 Å². The van der Waals surface area contributed by atoms with Gasteiger partial charge in [0.15, 0.2) is 0 Å². The van der Waals surface area contributed by atoms with E-state index in [1.165, 1.54) is 38.5 Å². The largest absolute Gasteiger partial charge is 0.381 e. The Kier molecular flexibility index (Phi) is 2.89. The molecular formula is C11H21NO. The Balaban J connectivity index is 1.81. The highest BCUT2D eigenvalue weighted by Gasteiger charge is 2.30. The molecule has 0 aromatic heterocycles. The van der Waals surface area contributed by atoms with Gasteiger partial charge in [-0.3, -0.25) is 0 Å². The third-order valence-corrected chi connectivity index (χ3v) is 3.48. The molecule has 1 aliphatic heterocycles. The molecule has 2 heteroatoms. The van der Waals surface area contributed by atoms with Crippen LogP contribution in [0.1, 0.15) is 45.4 Å². The zero-order chi connectivity index (χ0) is 9.15. The highest BCUT2D eigenvalue weighted by atomic mass is 16.5. The van der Waals surface area contributed by atoms with Crippen molar-refractivity contribution in [1.29, 1.82) is 0 Å². The normalized spacial score (nSPS) is 29.3. The highest BCUT2D eigenvalue weighted by molar-refractivity contribution is 4.91. The number of rotatable bonds is 2. The van der Waals surface area contributed by atoms with Crippen molar-refractivity contribution in [2.45, 2.75) is 57.0 Å². The molecule has 0 atom stereocenters. The van der Waals surface area contributed by atoms with E-state index in [0.29, 0.717) is 5.54 Å². The summed E-state index contributed by atoms with van der Waals surface area (Å²) in [4.78, 5) is 0. The highest BCUT2D eigenvalue weighted by Crippen LogP contribution is 2.30. The minimum atomic E-state index is 0.446. The van der Waals surface area contributed by atoms with Crippen molar-refractivity contribution in [3.8, 4) is 0 Å². The average Bonchev–Trinajstić information content (AvgIpc) is 2.54. The monoisotopic (exact) mass is 183 g/mol. The van der Waals surface area contributed by atoms with E-state index in [1.54, 1.807) is 0 Å². The Morgan fingerprint density at radius 1 is 1.15 bits per heavy atom. The Hall–Kier alpha value is -0.0800. The number of nitrogens with one attached hydrogen (secondary N) is 1. The lowest BCUT2D eigenvalue weighted by Gasteiger charge is -2.33. The van der Waals surface area contributed by atoms with Gasteiger partial charge in [0, 0.05) is 24.8 Å². The van der Waals surface area contributed by atoms with E-state index in [1.807, 2.05) is 0 Å². The summed E-state index contributed by atoms with van der Waals surface area (Å²) >= 11 is 0. The van der Waals surface area contributed by atoms with E-state index in [0.717, 1.165) is 19.3 Å². The fraction of sp³-hybridized carbons (Fsp3) is 1.00. The van der Waals surface area contributed by atoms with Crippen LogP contribution >= 0.6 is 0 Å². The average molecular weight is 183 g/mol. The van der Waals surface area contributed by atoms with Gasteiger partial charge >= 0.3 is 0 Å². The van der Waals surface area contributed by atoms with Gasteiger partial charge in [0.25, 0.3) is 0 Å². The minimum absolute atomic E-state index is 0.446. The van der Waals surface area contributed by atoms with Crippen molar-refractivity contribution in [2.75, 3.05) is 13.2 Å². The van der Waals surface area contributed by atoms with E-state index in [-0.39, 0.29) is 0 Å². The quantitative estimate of drug-likeness (QED) is 0.707. The Morgan fingerprint density at radius 3 is 2.38 bits per heavy atom. The van der Waals surface area contributed by atoms with Crippen molar-refractivity contribution in [3.63, 3.8) is 0 Å². The summed E-state index contributed by atoms with van der Waals surface area (Å²) in [7, 11) is 0. The van der Waals surface area contributed by atoms with Crippen LogP contribution in [-0.4, -0.2) is 24.8 Å². The van der Waals surface area contributed by atoms with Gasteiger partial charge < -0.3 is 10.1 Å². The lowest BCUT2D eigenvalue weighted by atomic mass is 9.97. The van der Waals surface area contributed by atoms with Crippen LogP contribution in [0, 0.1) is 0 Å². The summed E-state index contributed by atoms with van der Waals surface area (Å²) in [6, 6.07) is 0.719. The molecule has 0 aromatic carbocycles. The molecule has 1 saturated carbocycles. The van der Waals surface area contributed by atoms with Crippen LogP contribution in [0.15, 0.2) is 0 Å². The predicted octanol–water partition coefficient (Wildman–Crippen LogP) is 2.09. The molecule has 1 heterocycles. The smallest absolute Gasteiger partial charge is 0.0480 e. The zero-order valence-electron chi connectivity index (χ0n) is 8.64. The van der Waals surface area contributed by atoms with Crippen LogP contribution in [-0.2, 0) is 4.74 Å². The zero-order valence-corrected chi connectivity index (χ0v) is 8.64. The topological polar surface area (TPSA) is 21.3 Å². The van der Waals surface area contributed by atoms with Crippen LogP contribution in [0.5, 0.6) is 0 Å². The van der Waals surface area contributed by atoms with Gasteiger partial charge in [0.2, 0.25) is 0 Å². The first-order valence-electron chi connectivity index (χ1n) is 5.64. The molecule has 2 nitrogen and oxygen atoms in total. The van der Waals surface area contributed by atoms with Gasteiger partial charge in [-0.05, 0) is 32.6 Å². The summed E-state index contributed by atoms with van der Waals surface area (Å²) < 4.78 is 5.36. The van der Waals surface area contributed by atoms with Crippen molar-refractivity contribution in [3.05, 3.63) is 0 Å². The van der Waals surface area contributed by atoms with Crippen LogP contribution in [0.25, 0.3) is 0 Å². The Labute approximate surface area is 81.0 Å². The summed E-state index contributed by atoms with van der Waals surface area (Å²) in [5.41, 5.74) is 0.446. The molecule has 0 amide bonds. The number of ether oxygens (including phenoxy) is 1. The molecule has 0 radical (unpaired) electrons. The summed E-state index contributed by atoms with van der Waals surface area (Å²) in [5, 5.41) is 3.81. The fourth-order valence-corrected chi connectivity index (χ4v) is 2.63. The van der Waals surface area contributed by atoms with Crippen LogP contribution in [0.2, 0.25) is 0 Å². The van der Waals surface area contributed by atoms with Gasteiger partial charge in [0.05, 0.1) is 0 Å². The maximum absolute atomic E-state index is 5.36. The molecular weight excluding hydrogens is 162 g/mol. The van der Waals surface area contributed by atoms with Crippen molar-refractivity contribution >= 4 is 0 Å². The van der Waals surface area contributed by atoms with E-state index in [2.05, 4.69) is 12.2 Å². The molecule has 0 spiro atoms. The van der Waals surface area contributed by atoms with E-state index >= 15 is 0 Å². The first-order chi connectivity index (χ1) is 6.29. The Morgan fingerprint density at radius 2 is 1.77 bits per heavy atom. The first kappa shape index (κ1) is 9.47. The van der Waals surface area contributed by atoms with Crippen molar-refractivity contribution in [1.82, 2.24) is 5.32 Å². The van der Waals surface area contributed by atoms with Crippen LogP contribution < -0.4 is 5.32 Å². The maximum atomic E-state index is 5.36. The molecule has 0 unspecified atom stereocenters. The van der Waals surface area contributed by atoms with Crippen LogP contribution in [0.4, 0.5) is 0 Å². The predicted molar refractivity (Wildman–Crippen MR) is 53.8 cm³/mol. The van der Waals surface area contributed by atoms with Gasteiger partial charge in [-0.15, -0.1) is 0 Å². The minimum Gasteiger partial charge on any atom is -0.381 e. The summed E-state index contributed by atoms with van der Waals surface area (Å²) in [6.45, 7) is 4.29. The van der Waals surface area contributed by atoms with Gasteiger partial charge in [-0.1, -0.05) is 12.8 Å². The van der Waals surface area contributed by atoms with Gasteiger partial charge in [0.1, 0.15) is 0 Å². The molecule has 13 heavy (non-hydrogen) atoms. The molecule has 1 saturated heterocycles. The number of hydrogen-bond donors (Lipinski definition) is 1. The van der Waals surface area contributed by atoms with Crippen LogP contribution in [0.3, 0.4) is 0 Å². The van der Waals surface area contributed by atoms with E-state index < -0.39 is 0 Å². The molecule has 76 valence electrons. The lowest BCUT2D eigenvalue weighted by molar-refractivity contribution is 0.0692. The summed E-state index contributed by atoms with van der Waals surface area (Å²) in [5.74, 6) is 0. The second-order valence-corrected chi connectivity index (χ2v) is 4.80. The fourth-order valence-electron chi connectivity index (χ4n) is 2.63. The van der Waals surface area contributed by atoms with E-state index in [4.69, 9.17) is 4.74 Å². The van der Waals surface area contributed by atoms with Gasteiger partial charge in [-0.2, -0.15) is 0 Å². The maximum Gasteiger partial charge on any atom is 0.0480 e. The second-order valence-electron chi connectivity index (χ2n) is 4.80. The molecule has 2 aliphatic rings. The number of hydrogen-bond acceptors (Lipinski definition) is 2. The molecule has 0 bridgehead atoms. The lowest BCUT2D eigenvalue weighted by Crippen LogP contribution is -2.48. The first-order valence-corrected chi connectivity index (χ1v) is 5.64. The van der Waals surface area contributed by atoms with Gasteiger partial charge in [-0.25, -0.2) is 0 Å². The molecule has 1 aliphatic carbocycles. The van der Waals surface area contributed by atoms with Crippen molar-refractivity contribution in [2.24, 2.45) is 0 Å². The third kappa shape index (κ3) is 2.44. The SMILES string of the molecule is CC1(NC2CCOCC2)CCCC1. The molecule has 1 N–H and O–H groups in total. The summed E-state index contributed by atoms with van der Waals surface area (Å²) in [6.07, 6.45) is 7.96. The third-order valence-electron chi connectivity index (χ3n) is 3.48. The Bertz CT molecular complexity index is 157. The molecule has 0 aromatic rings. The second kappa shape index (κ2) is 3.97.